The highest BCUT2D eigenvalue weighted by Gasteiger charge is 2.11. The van der Waals surface area contributed by atoms with Gasteiger partial charge in [-0.25, -0.2) is 0 Å². The van der Waals surface area contributed by atoms with Crippen molar-refractivity contribution < 1.29 is 4.79 Å². The van der Waals surface area contributed by atoms with Crippen LogP contribution in [0.5, 0.6) is 0 Å². The Morgan fingerprint density at radius 3 is 2.74 bits per heavy atom. The van der Waals surface area contributed by atoms with E-state index in [4.69, 9.17) is 11.5 Å². The number of nitrogens with two attached hydrogens (primary N) is 2. The molecule has 1 amide bonds. The van der Waals surface area contributed by atoms with Gasteiger partial charge in [-0.1, -0.05) is 0 Å². The third-order valence-electron chi connectivity index (χ3n) is 2.87. The van der Waals surface area contributed by atoms with Gasteiger partial charge in [-0.2, -0.15) is 5.10 Å². The molecule has 0 saturated carbocycles. The fourth-order valence-electron chi connectivity index (χ4n) is 1.88. The summed E-state index contributed by atoms with van der Waals surface area (Å²) < 4.78 is 1.72. The van der Waals surface area contributed by atoms with Gasteiger partial charge in [0.05, 0.1) is 11.3 Å². The highest BCUT2D eigenvalue weighted by atomic mass is 16.1. The fourth-order valence-corrected chi connectivity index (χ4v) is 1.88. The van der Waals surface area contributed by atoms with Gasteiger partial charge in [-0.15, -0.1) is 0 Å². The van der Waals surface area contributed by atoms with Crippen molar-refractivity contribution in [2.45, 2.75) is 13.5 Å². The van der Waals surface area contributed by atoms with Gasteiger partial charge in [0.2, 0.25) is 0 Å². The molecule has 5 N–H and O–H groups in total. The number of carbonyl (C=O) groups is 1. The van der Waals surface area contributed by atoms with Crippen LogP contribution in [0, 0.1) is 6.92 Å². The Kier molecular flexibility index (Phi) is 3.41. The third kappa shape index (κ3) is 2.85. The molecule has 1 aromatic carbocycles. The average molecular weight is 259 g/mol. The molecule has 0 saturated heterocycles. The van der Waals surface area contributed by atoms with Crippen molar-refractivity contribution in [1.29, 1.82) is 0 Å². The van der Waals surface area contributed by atoms with Crippen molar-refractivity contribution >= 4 is 17.3 Å². The van der Waals surface area contributed by atoms with E-state index in [9.17, 15) is 4.79 Å². The molecule has 0 atom stereocenters. The van der Waals surface area contributed by atoms with Gasteiger partial charge in [-0.3, -0.25) is 9.48 Å². The molecule has 6 heteroatoms. The van der Waals surface area contributed by atoms with Crippen LogP contribution in [0.15, 0.2) is 24.4 Å². The van der Waals surface area contributed by atoms with E-state index in [0.29, 0.717) is 23.5 Å². The lowest BCUT2D eigenvalue weighted by molar-refractivity contribution is 0.0952. The standard InChI is InChI=1S/C13H17N5O/c1-8-9(7-18(2)17-8)6-16-13(19)11-4-3-10(14)5-12(11)15/h3-5,7H,6,14-15H2,1-2H3,(H,16,19). The number of nitrogens with zero attached hydrogens (tertiary/aromatic N) is 2. The summed E-state index contributed by atoms with van der Waals surface area (Å²) in [6.45, 7) is 2.32. The van der Waals surface area contributed by atoms with E-state index < -0.39 is 0 Å². The topological polar surface area (TPSA) is 99.0 Å². The number of nitrogen functional groups attached to an aromatic ring is 2. The van der Waals surface area contributed by atoms with E-state index in [0.717, 1.165) is 11.3 Å². The van der Waals surface area contributed by atoms with Gasteiger partial charge in [0, 0.05) is 36.7 Å². The number of rotatable bonds is 3. The summed E-state index contributed by atoms with van der Waals surface area (Å²) in [7, 11) is 1.84. The molecule has 2 aromatic rings. The van der Waals surface area contributed by atoms with Crippen LogP contribution < -0.4 is 16.8 Å². The number of benzene rings is 1. The first-order valence-corrected chi connectivity index (χ1v) is 5.89. The second kappa shape index (κ2) is 5.01. The molecule has 0 fully saturated rings. The molecule has 0 aliphatic heterocycles. The quantitative estimate of drug-likeness (QED) is 0.711. The molecule has 1 aromatic heterocycles. The van der Waals surface area contributed by atoms with Crippen LogP contribution in [-0.2, 0) is 13.6 Å². The smallest absolute Gasteiger partial charge is 0.253 e. The van der Waals surface area contributed by atoms with Gasteiger partial charge < -0.3 is 16.8 Å². The molecule has 0 aliphatic rings. The highest BCUT2D eigenvalue weighted by Crippen LogP contribution is 2.15. The van der Waals surface area contributed by atoms with Crippen molar-refractivity contribution in [2.75, 3.05) is 11.5 Å². The van der Waals surface area contributed by atoms with E-state index in [1.54, 1.807) is 22.9 Å². The van der Waals surface area contributed by atoms with Crippen LogP contribution in [-0.4, -0.2) is 15.7 Å². The van der Waals surface area contributed by atoms with E-state index in [-0.39, 0.29) is 5.91 Å². The van der Waals surface area contributed by atoms with Crippen molar-refractivity contribution in [2.24, 2.45) is 7.05 Å². The van der Waals surface area contributed by atoms with Crippen LogP contribution in [0.25, 0.3) is 0 Å². The Morgan fingerprint density at radius 2 is 2.16 bits per heavy atom. The van der Waals surface area contributed by atoms with Crippen molar-refractivity contribution in [3.63, 3.8) is 0 Å². The minimum Gasteiger partial charge on any atom is -0.399 e. The van der Waals surface area contributed by atoms with Crippen molar-refractivity contribution in [1.82, 2.24) is 15.1 Å². The molecule has 2 rings (SSSR count). The SMILES string of the molecule is Cc1nn(C)cc1CNC(=O)c1ccc(N)cc1N. The minimum absolute atomic E-state index is 0.222. The normalized spacial score (nSPS) is 10.4. The fraction of sp³-hybridized carbons (Fsp3) is 0.231. The van der Waals surface area contributed by atoms with E-state index in [1.807, 2.05) is 20.2 Å². The minimum atomic E-state index is -0.222. The Morgan fingerprint density at radius 1 is 1.42 bits per heavy atom. The number of hydrogen-bond acceptors (Lipinski definition) is 4. The first-order valence-electron chi connectivity index (χ1n) is 5.89. The van der Waals surface area contributed by atoms with Gasteiger partial charge in [0.25, 0.3) is 5.91 Å². The molecular formula is C13H17N5O. The summed E-state index contributed by atoms with van der Waals surface area (Å²) in [5.74, 6) is -0.222. The summed E-state index contributed by atoms with van der Waals surface area (Å²) in [5.41, 5.74) is 14.6. The van der Waals surface area contributed by atoms with Crippen molar-refractivity contribution in [3.8, 4) is 0 Å². The molecule has 19 heavy (non-hydrogen) atoms. The lowest BCUT2D eigenvalue weighted by atomic mass is 10.1. The zero-order valence-corrected chi connectivity index (χ0v) is 11.0. The molecule has 0 radical (unpaired) electrons. The summed E-state index contributed by atoms with van der Waals surface area (Å²) in [5, 5.41) is 7.03. The number of hydrogen-bond donors (Lipinski definition) is 3. The van der Waals surface area contributed by atoms with Gasteiger partial charge >= 0.3 is 0 Å². The van der Waals surface area contributed by atoms with Crippen molar-refractivity contribution in [3.05, 3.63) is 41.2 Å². The predicted octanol–water partition coefficient (Wildman–Crippen LogP) is 0.823. The van der Waals surface area contributed by atoms with Crippen LogP contribution in [0.3, 0.4) is 0 Å². The zero-order valence-electron chi connectivity index (χ0n) is 11.0. The third-order valence-corrected chi connectivity index (χ3v) is 2.87. The number of anilines is 2. The van der Waals surface area contributed by atoms with Crippen LogP contribution in [0.2, 0.25) is 0 Å². The Hall–Kier alpha value is -2.50. The molecule has 0 unspecified atom stereocenters. The van der Waals surface area contributed by atoms with Gasteiger partial charge in [-0.05, 0) is 25.1 Å². The first kappa shape index (κ1) is 12.9. The number of carbonyl (C=O) groups excluding carboxylic acids is 1. The van der Waals surface area contributed by atoms with E-state index >= 15 is 0 Å². The molecule has 1 heterocycles. The average Bonchev–Trinajstić information content (AvgIpc) is 2.65. The highest BCUT2D eigenvalue weighted by molar-refractivity contribution is 5.99. The molecule has 0 bridgehead atoms. The summed E-state index contributed by atoms with van der Waals surface area (Å²) in [6, 6.07) is 4.85. The Bertz CT molecular complexity index is 617. The largest absolute Gasteiger partial charge is 0.399 e. The summed E-state index contributed by atoms with van der Waals surface area (Å²) in [6.07, 6.45) is 1.88. The van der Waals surface area contributed by atoms with Gasteiger partial charge in [0.15, 0.2) is 0 Å². The van der Waals surface area contributed by atoms with Gasteiger partial charge in [0.1, 0.15) is 0 Å². The lowest BCUT2D eigenvalue weighted by Gasteiger charge is -2.07. The maximum absolute atomic E-state index is 12.0. The molecule has 0 aliphatic carbocycles. The second-order valence-corrected chi connectivity index (χ2v) is 4.44. The maximum atomic E-state index is 12.0. The second-order valence-electron chi connectivity index (χ2n) is 4.44. The zero-order chi connectivity index (χ0) is 14.0. The number of amides is 1. The summed E-state index contributed by atoms with van der Waals surface area (Å²) in [4.78, 5) is 12.0. The van der Waals surface area contributed by atoms with Crippen LogP contribution in [0.1, 0.15) is 21.6 Å². The van der Waals surface area contributed by atoms with Crippen LogP contribution >= 0.6 is 0 Å². The molecule has 100 valence electrons. The molecular weight excluding hydrogens is 242 g/mol. The molecule has 0 spiro atoms. The predicted molar refractivity (Wildman–Crippen MR) is 74.4 cm³/mol. The van der Waals surface area contributed by atoms with Crippen LogP contribution in [0.4, 0.5) is 11.4 Å². The molecule has 6 nitrogen and oxygen atoms in total. The van der Waals surface area contributed by atoms with E-state index in [2.05, 4.69) is 10.4 Å². The Labute approximate surface area is 111 Å². The summed E-state index contributed by atoms with van der Waals surface area (Å²) >= 11 is 0. The monoisotopic (exact) mass is 259 g/mol. The maximum Gasteiger partial charge on any atom is 0.253 e. The lowest BCUT2D eigenvalue weighted by Crippen LogP contribution is -2.24. The first-order chi connectivity index (χ1) is 8.97. The number of aryl methyl sites for hydroxylation is 2. The Balaban J connectivity index is 2.07. The number of nitrogens with one attached hydrogen (secondary N) is 1. The van der Waals surface area contributed by atoms with E-state index in [1.165, 1.54) is 0 Å². The number of aromatic nitrogens is 2.